The van der Waals surface area contributed by atoms with Crippen molar-refractivity contribution in [3.05, 3.63) is 30.1 Å². The standard InChI is InChI=1S/C16H21N5O/c1-19-6-3-4-14(19)12-8-13(18-17-12)16(22)21-9-11-5-7-20(2)15(11)10-21/h3-4,6,8,11,15H,5,7,9-10H2,1-2H3,(H,17,18)/t11-,15+/m1/s1. The maximum absolute atomic E-state index is 12.7. The number of nitrogens with one attached hydrogen (secondary N) is 1. The average Bonchev–Trinajstić information content (AvgIpc) is 3.24. The SMILES string of the molecule is CN1CC[C@@H]2CN(C(=O)c3cc(-c4cccn4C)n[nH]3)C[C@@H]21. The molecule has 0 bridgehead atoms. The van der Waals surface area contributed by atoms with Gasteiger partial charge in [-0.25, -0.2) is 0 Å². The van der Waals surface area contributed by atoms with Crippen molar-refractivity contribution in [2.45, 2.75) is 12.5 Å². The Bertz CT molecular complexity index is 703. The summed E-state index contributed by atoms with van der Waals surface area (Å²) in [5.41, 5.74) is 2.40. The molecular formula is C16H21N5O. The van der Waals surface area contributed by atoms with Crippen LogP contribution < -0.4 is 0 Å². The Balaban J connectivity index is 1.52. The van der Waals surface area contributed by atoms with Crippen LogP contribution in [0, 0.1) is 5.92 Å². The summed E-state index contributed by atoms with van der Waals surface area (Å²) in [5.74, 6) is 0.694. The van der Waals surface area contributed by atoms with Crippen molar-refractivity contribution in [2.75, 3.05) is 26.7 Å². The maximum Gasteiger partial charge on any atom is 0.271 e. The third-order valence-corrected chi connectivity index (χ3v) is 5.13. The molecule has 4 heterocycles. The molecule has 6 nitrogen and oxygen atoms in total. The van der Waals surface area contributed by atoms with E-state index in [0.29, 0.717) is 17.7 Å². The Hall–Kier alpha value is -2.08. The maximum atomic E-state index is 12.7. The lowest BCUT2D eigenvalue weighted by Crippen LogP contribution is -2.35. The minimum Gasteiger partial charge on any atom is -0.349 e. The molecule has 2 aromatic rings. The first-order valence-corrected chi connectivity index (χ1v) is 7.80. The number of nitrogens with zero attached hydrogens (tertiary/aromatic N) is 4. The van der Waals surface area contributed by atoms with Crippen LogP contribution in [0.2, 0.25) is 0 Å². The summed E-state index contributed by atoms with van der Waals surface area (Å²) < 4.78 is 2.00. The number of likely N-dealkylation sites (N-methyl/N-ethyl adjacent to an activating group) is 1. The highest BCUT2D eigenvalue weighted by Gasteiger charge is 2.41. The lowest BCUT2D eigenvalue weighted by molar-refractivity contribution is 0.0769. The molecule has 6 heteroatoms. The number of likely N-dealkylation sites (tertiary alicyclic amines) is 2. The first-order chi connectivity index (χ1) is 10.6. The second-order valence-corrected chi connectivity index (χ2v) is 6.48. The van der Waals surface area contributed by atoms with Gasteiger partial charge in [0, 0.05) is 32.4 Å². The first-order valence-electron chi connectivity index (χ1n) is 7.80. The van der Waals surface area contributed by atoms with E-state index in [1.807, 2.05) is 40.9 Å². The second-order valence-electron chi connectivity index (χ2n) is 6.48. The zero-order chi connectivity index (χ0) is 15.3. The van der Waals surface area contributed by atoms with Crippen LogP contribution in [0.1, 0.15) is 16.9 Å². The third-order valence-electron chi connectivity index (χ3n) is 5.13. The number of aromatic amines is 1. The van der Waals surface area contributed by atoms with Crippen molar-refractivity contribution in [1.29, 1.82) is 0 Å². The summed E-state index contributed by atoms with van der Waals surface area (Å²) in [5, 5.41) is 7.20. The zero-order valence-electron chi connectivity index (χ0n) is 13.0. The van der Waals surface area contributed by atoms with E-state index in [4.69, 9.17) is 0 Å². The Morgan fingerprint density at radius 3 is 2.95 bits per heavy atom. The minimum absolute atomic E-state index is 0.0655. The van der Waals surface area contributed by atoms with Crippen LogP contribution >= 0.6 is 0 Å². The number of hydrogen-bond donors (Lipinski definition) is 1. The van der Waals surface area contributed by atoms with Gasteiger partial charge in [0.25, 0.3) is 5.91 Å². The molecule has 1 amide bonds. The van der Waals surface area contributed by atoms with Gasteiger partial charge in [-0.15, -0.1) is 0 Å². The number of aryl methyl sites for hydroxylation is 1. The van der Waals surface area contributed by atoms with Crippen LogP contribution in [-0.4, -0.2) is 63.2 Å². The van der Waals surface area contributed by atoms with E-state index in [0.717, 1.165) is 31.0 Å². The quantitative estimate of drug-likeness (QED) is 0.906. The molecule has 0 aliphatic carbocycles. The number of fused-ring (bicyclic) bond motifs is 1. The van der Waals surface area contributed by atoms with Crippen LogP contribution in [0.3, 0.4) is 0 Å². The number of H-pyrrole nitrogens is 1. The summed E-state index contributed by atoms with van der Waals surface area (Å²) in [6.45, 7) is 2.85. The van der Waals surface area contributed by atoms with E-state index in [-0.39, 0.29) is 5.91 Å². The minimum atomic E-state index is 0.0655. The number of carbonyl (C=O) groups excluding carboxylic acids is 1. The van der Waals surface area contributed by atoms with E-state index in [2.05, 4.69) is 22.1 Å². The van der Waals surface area contributed by atoms with Crippen molar-refractivity contribution in [2.24, 2.45) is 13.0 Å². The highest BCUT2D eigenvalue weighted by molar-refractivity contribution is 5.93. The van der Waals surface area contributed by atoms with Crippen LogP contribution in [0.4, 0.5) is 0 Å². The van der Waals surface area contributed by atoms with E-state index >= 15 is 0 Å². The molecule has 22 heavy (non-hydrogen) atoms. The molecule has 2 fully saturated rings. The Labute approximate surface area is 129 Å². The van der Waals surface area contributed by atoms with E-state index < -0.39 is 0 Å². The van der Waals surface area contributed by atoms with Gasteiger partial charge in [-0.2, -0.15) is 5.10 Å². The van der Waals surface area contributed by atoms with Gasteiger partial charge in [-0.1, -0.05) is 0 Å². The predicted octanol–water partition coefficient (Wildman–Crippen LogP) is 1.19. The lowest BCUT2D eigenvalue weighted by atomic mass is 10.1. The van der Waals surface area contributed by atoms with Crippen LogP contribution in [0.15, 0.2) is 24.4 Å². The molecule has 0 radical (unpaired) electrons. The van der Waals surface area contributed by atoms with Crippen LogP contribution in [-0.2, 0) is 7.05 Å². The number of hydrogen-bond acceptors (Lipinski definition) is 3. The van der Waals surface area contributed by atoms with Gasteiger partial charge >= 0.3 is 0 Å². The molecular weight excluding hydrogens is 278 g/mol. The average molecular weight is 299 g/mol. The van der Waals surface area contributed by atoms with Crippen LogP contribution in [0.25, 0.3) is 11.4 Å². The molecule has 2 saturated heterocycles. The van der Waals surface area contributed by atoms with Crippen molar-refractivity contribution in [3.63, 3.8) is 0 Å². The molecule has 2 aliphatic rings. The van der Waals surface area contributed by atoms with Gasteiger partial charge in [0.15, 0.2) is 0 Å². The fourth-order valence-electron chi connectivity index (χ4n) is 3.80. The summed E-state index contributed by atoms with van der Waals surface area (Å²) >= 11 is 0. The van der Waals surface area contributed by atoms with Crippen molar-refractivity contribution < 1.29 is 4.79 Å². The number of aromatic nitrogens is 3. The van der Waals surface area contributed by atoms with E-state index in [1.54, 1.807) is 0 Å². The van der Waals surface area contributed by atoms with Gasteiger partial charge in [-0.05, 0) is 44.1 Å². The van der Waals surface area contributed by atoms with E-state index in [9.17, 15) is 4.79 Å². The second kappa shape index (κ2) is 4.98. The molecule has 1 N–H and O–H groups in total. The van der Waals surface area contributed by atoms with Gasteiger partial charge in [0.05, 0.1) is 5.69 Å². The summed E-state index contributed by atoms with van der Waals surface area (Å²) in [6.07, 6.45) is 3.17. The number of amides is 1. The summed E-state index contributed by atoms with van der Waals surface area (Å²) in [4.78, 5) is 17.0. The Morgan fingerprint density at radius 2 is 2.23 bits per heavy atom. The summed E-state index contributed by atoms with van der Waals surface area (Å²) in [7, 11) is 4.13. The van der Waals surface area contributed by atoms with Gasteiger partial charge in [0.2, 0.25) is 0 Å². The topological polar surface area (TPSA) is 57.2 Å². The molecule has 0 spiro atoms. The van der Waals surface area contributed by atoms with Crippen molar-refractivity contribution in [1.82, 2.24) is 24.6 Å². The molecule has 4 rings (SSSR count). The van der Waals surface area contributed by atoms with Gasteiger partial charge < -0.3 is 14.4 Å². The van der Waals surface area contributed by atoms with Gasteiger partial charge in [-0.3, -0.25) is 9.89 Å². The Kier molecular flexibility index (Phi) is 3.07. The van der Waals surface area contributed by atoms with Gasteiger partial charge in [0.1, 0.15) is 11.4 Å². The Morgan fingerprint density at radius 1 is 1.36 bits per heavy atom. The fraction of sp³-hybridized carbons (Fsp3) is 0.500. The highest BCUT2D eigenvalue weighted by atomic mass is 16.2. The van der Waals surface area contributed by atoms with Crippen molar-refractivity contribution in [3.8, 4) is 11.4 Å². The smallest absolute Gasteiger partial charge is 0.271 e. The predicted molar refractivity (Wildman–Crippen MR) is 83.4 cm³/mol. The molecule has 2 aromatic heterocycles. The monoisotopic (exact) mass is 299 g/mol. The first kappa shape index (κ1) is 13.6. The van der Waals surface area contributed by atoms with Crippen LogP contribution in [0.5, 0.6) is 0 Å². The number of carbonyl (C=O) groups is 1. The third kappa shape index (κ3) is 2.06. The lowest BCUT2D eigenvalue weighted by Gasteiger charge is -2.20. The molecule has 0 saturated carbocycles. The molecule has 2 aliphatic heterocycles. The summed E-state index contributed by atoms with van der Waals surface area (Å²) in [6, 6.07) is 6.36. The molecule has 0 unspecified atom stereocenters. The van der Waals surface area contributed by atoms with Crippen molar-refractivity contribution >= 4 is 5.91 Å². The fourth-order valence-corrected chi connectivity index (χ4v) is 3.80. The van der Waals surface area contributed by atoms with E-state index in [1.165, 1.54) is 6.42 Å². The number of rotatable bonds is 2. The largest absolute Gasteiger partial charge is 0.349 e. The normalized spacial score (nSPS) is 24.9. The zero-order valence-corrected chi connectivity index (χ0v) is 13.0. The molecule has 0 aromatic carbocycles. The molecule has 2 atom stereocenters. The highest BCUT2D eigenvalue weighted by Crippen LogP contribution is 2.31. The molecule has 116 valence electrons.